The Labute approximate surface area is 363 Å². The molecule has 3 heterocycles. The second-order valence-corrected chi connectivity index (χ2v) is 18.6. The summed E-state index contributed by atoms with van der Waals surface area (Å²) in [5.41, 5.74) is 14.7. The van der Waals surface area contributed by atoms with Crippen LogP contribution in [0.5, 0.6) is 17.2 Å². The second kappa shape index (κ2) is 17.3. The number of nitrogen functional groups attached to an aromatic ring is 1. The molecule has 0 saturated heterocycles. The number of nitrogens with two attached hydrogens (primary N) is 1. The van der Waals surface area contributed by atoms with E-state index in [0.29, 0.717) is 46.1 Å². The Morgan fingerprint density at radius 3 is 2.26 bits per heavy atom. The van der Waals surface area contributed by atoms with Gasteiger partial charge in [0.1, 0.15) is 31.0 Å². The first kappa shape index (κ1) is 42.0. The van der Waals surface area contributed by atoms with Crippen molar-refractivity contribution in [2.24, 2.45) is 0 Å². The molecule has 0 radical (unpaired) electrons. The molecule has 2 aliphatic heterocycles. The fourth-order valence-electron chi connectivity index (χ4n) is 7.63. The molecule has 1 aromatic heterocycles. The number of hydrogen-bond donors (Lipinski definition) is 3. The minimum Gasteiger partial charge on any atom is -0.489 e. The number of hydrogen-bond acceptors (Lipinski definition) is 11. The zero-order valence-corrected chi connectivity index (χ0v) is 35.8. The molecule has 5 aromatic carbocycles. The van der Waals surface area contributed by atoms with Crippen LogP contribution in [0.2, 0.25) is 0 Å². The molecule has 0 aliphatic carbocycles. The van der Waals surface area contributed by atoms with Gasteiger partial charge in [-0.15, -0.1) is 0 Å². The van der Waals surface area contributed by atoms with E-state index < -0.39 is 40.1 Å². The van der Waals surface area contributed by atoms with Gasteiger partial charge in [-0.25, -0.2) is 18.2 Å². The predicted octanol–water partition coefficient (Wildman–Crippen LogP) is 7.21. The van der Waals surface area contributed by atoms with Gasteiger partial charge in [-0.3, -0.25) is 4.79 Å². The lowest BCUT2D eigenvalue weighted by Crippen LogP contribution is -2.55. The minimum atomic E-state index is -4.37. The van der Waals surface area contributed by atoms with Crippen LogP contribution in [0.15, 0.2) is 107 Å². The predicted molar refractivity (Wildman–Crippen MR) is 233 cm³/mol. The van der Waals surface area contributed by atoms with Crippen molar-refractivity contribution in [2.75, 3.05) is 12.3 Å². The molecule has 2 aliphatic rings. The number of thiazole rings is 1. The Morgan fingerprint density at radius 2 is 1.61 bits per heavy atom. The number of nitriles is 1. The number of anilines is 1. The Bertz CT molecular complexity index is 2820. The highest BCUT2D eigenvalue weighted by molar-refractivity contribution is 7.91. The molecule has 0 bridgehead atoms. The number of aromatic nitrogens is 1. The van der Waals surface area contributed by atoms with Crippen LogP contribution in [-0.4, -0.2) is 53.4 Å². The maximum atomic E-state index is 14.4. The van der Waals surface area contributed by atoms with Crippen molar-refractivity contribution < 1.29 is 37.3 Å². The molecule has 4 N–H and O–H groups in total. The summed E-state index contributed by atoms with van der Waals surface area (Å²) in [6.45, 7) is 6.11. The van der Waals surface area contributed by atoms with E-state index in [-0.39, 0.29) is 41.0 Å². The number of carbonyl (C=O) groups excluding carboxylic acids is 1. The van der Waals surface area contributed by atoms with E-state index in [1.807, 2.05) is 48.5 Å². The highest BCUT2D eigenvalue weighted by Gasteiger charge is 2.43. The quantitative estimate of drug-likeness (QED) is 0.113. The van der Waals surface area contributed by atoms with Gasteiger partial charge in [0.05, 0.1) is 17.3 Å². The average Bonchev–Trinajstić information content (AvgIpc) is 3.63. The Hall–Kier alpha value is -6.73. The number of aliphatic carboxylic acids is 1. The van der Waals surface area contributed by atoms with E-state index in [1.165, 1.54) is 18.1 Å². The third-order valence-electron chi connectivity index (χ3n) is 11.2. The molecule has 1 unspecified atom stereocenters. The summed E-state index contributed by atoms with van der Waals surface area (Å²) in [4.78, 5) is 30.9. The van der Waals surface area contributed by atoms with Gasteiger partial charge in [-0.05, 0) is 114 Å². The Kier molecular flexibility index (Phi) is 11.7. The molecule has 1 amide bonds. The lowest BCUT2D eigenvalue weighted by atomic mass is 9.94. The van der Waals surface area contributed by atoms with Crippen molar-refractivity contribution >= 4 is 38.4 Å². The molecular weight excluding hydrogens is 827 g/mol. The summed E-state index contributed by atoms with van der Waals surface area (Å²) in [6, 6.07) is 31.1. The second-order valence-electron chi connectivity index (χ2n) is 15.4. The van der Waals surface area contributed by atoms with Gasteiger partial charge < -0.3 is 30.4 Å². The zero-order chi connectivity index (χ0) is 43.7. The number of ether oxygens (including phenoxy) is 3. The molecule has 15 heteroatoms. The molecule has 0 fully saturated rings. The number of carboxylic acid groups (broad SMARTS) is 1. The van der Waals surface area contributed by atoms with Crippen LogP contribution in [-0.2, 0) is 45.6 Å². The SMILES string of the molecule is Cc1ccc(COc2ccc(C3COc4cc5c(cc4O3)CN(S(=O)(=O)c3sc(N)nc3C)[C@H](C(=O)N[C@@H](Cc3ccc(-c4ccc(C#N)cc4)cc3)C(=O)O)C5)cc2)cc1C. The molecule has 6 aromatic rings. The van der Waals surface area contributed by atoms with E-state index in [1.54, 1.807) is 36.4 Å². The van der Waals surface area contributed by atoms with Gasteiger partial charge in [0.15, 0.2) is 26.9 Å². The largest absolute Gasteiger partial charge is 0.489 e. The summed E-state index contributed by atoms with van der Waals surface area (Å²) in [7, 11) is -4.37. The number of fused-ring (bicyclic) bond motifs is 2. The summed E-state index contributed by atoms with van der Waals surface area (Å²) in [5.74, 6) is -0.472. The van der Waals surface area contributed by atoms with E-state index >= 15 is 0 Å². The van der Waals surface area contributed by atoms with Crippen LogP contribution in [0.3, 0.4) is 0 Å². The molecule has 8 rings (SSSR count). The van der Waals surface area contributed by atoms with Crippen LogP contribution in [0.25, 0.3) is 11.1 Å². The number of benzene rings is 5. The fraction of sp³-hybridized carbons (Fsp3) is 0.234. The van der Waals surface area contributed by atoms with Crippen molar-refractivity contribution in [1.82, 2.24) is 14.6 Å². The lowest BCUT2D eigenvalue weighted by molar-refractivity contribution is -0.142. The monoisotopic (exact) mass is 869 g/mol. The van der Waals surface area contributed by atoms with Crippen molar-refractivity contribution in [1.29, 1.82) is 5.26 Å². The summed E-state index contributed by atoms with van der Waals surface area (Å²) < 4.78 is 48.5. The number of rotatable bonds is 12. The van der Waals surface area contributed by atoms with Crippen molar-refractivity contribution in [3.8, 4) is 34.4 Å². The van der Waals surface area contributed by atoms with Crippen LogP contribution in [0.1, 0.15) is 56.3 Å². The first-order valence-electron chi connectivity index (χ1n) is 19.9. The zero-order valence-electron chi connectivity index (χ0n) is 34.1. The first-order valence-corrected chi connectivity index (χ1v) is 22.1. The van der Waals surface area contributed by atoms with E-state index in [2.05, 4.69) is 48.4 Å². The third kappa shape index (κ3) is 8.85. The van der Waals surface area contributed by atoms with E-state index in [9.17, 15) is 23.1 Å². The highest BCUT2D eigenvalue weighted by Crippen LogP contribution is 2.42. The number of amides is 1. The molecule has 3 atom stereocenters. The molecule has 13 nitrogen and oxygen atoms in total. The standard InChI is InChI=1S/C47H43N5O8S2/c1-27-4-5-32(18-28(27)2)25-58-38-16-14-35(15-17-38)43-26-59-41-21-36-20-40(52(24-37(36)22-42(41)60-43)62(56,57)46-29(3)50-47(49)61-46)44(53)51-39(45(54)55)19-30-6-10-33(11-7-30)34-12-8-31(23-48)9-13-34/h4-18,21-22,39-40,43H,19-20,24-26H2,1-3H3,(H2,49,50)(H,51,53)(H,54,55)/t39-,40-,43?/m0/s1. The van der Waals surface area contributed by atoms with Crippen molar-refractivity contribution in [3.63, 3.8) is 0 Å². The number of carboxylic acids is 1. The third-order valence-corrected chi connectivity index (χ3v) is 14.6. The van der Waals surface area contributed by atoms with Crippen LogP contribution < -0.4 is 25.3 Å². The average molecular weight is 870 g/mol. The topological polar surface area (TPSA) is 194 Å². The van der Waals surface area contributed by atoms with Crippen molar-refractivity contribution in [3.05, 3.63) is 153 Å². The molecule has 0 saturated carbocycles. The minimum absolute atomic E-state index is 0.0575. The number of carbonyl (C=O) groups is 2. The van der Waals surface area contributed by atoms with Crippen LogP contribution >= 0.6 is 11.3 Å². The summed E-state index contributed by atoms with van der Waals surface area (Å²) in [5, 5.41) is 22.1. The lowest BCUT2D eigenvalue weighted by Gasteiger charge is -2.36. The van der Waals surface area contributed by atoms with Crippen molar-refractivity contribution in [2.45, 2.75) is 69.2 Å². The first-order chi connectivity index (χ1) is 29.7. The normalized spacial score (nSPS) is 16.4. The molecule has 0 spiro atoms. The highest BCUT2D eigenvalue weighted by atomic mass is 32.2. The van der Waals surface area contributed by atoms with Gasteiger partial charge in [0, 0.05) is 13.0 Å². The van der Waals surface area contributed by atoms with Crippen LogP contribution in [0.4, 0.5) is 5.13 Å². The van der Waals surface area contributed by atoms with Gasteiger partial charge in [0.2, 0.25) is 5.91 Å². The van der Waals surface area contributed by atoms with Crippen LogP contribution in [0, 0.1) is 32.1 Å². The smallest absolute Gasteiger partial charge is 0.326 e. The van der Waals surface area contributed by atoms with E-state index in [0.717, 1.165) is 37.9 Å². The van der Waals surface area contributed by atoms with E-state index in [4.69, 9.17) is 25.2 Å². The summed E-state index contributed by atoms with van der Waals surface area (Å²) >= 11 is 0.800. The number of nitrogens with zero attached hydrogens (tertiary/aromatic N) is 3. The maximum absolute atomic E-state index is 14.4. The number of sulfonamides is 1. The number of nitrogens with one attached hydrogen (secondary N) is 1. The Balaban J connectivity index is 1.01. The summed E-state index contributed by atoms with van der Waals surface area (Å²) in [6.07, 6.45) is -0.583. The Morgan fingerprint density at radius 1 is 0.935 bits per heavy atom. The van der Waals surface area contributed by atoms with Gasteiger partial charge >= 0.3 is 5.97 Å². The number of aryl methyl sites for hydroxylation is 3. The van der Waals surface area contributed by atoms with Gasteiger partial charge in [-0.2, -0.15) is 9.57 Å². The molecular formula is C47H43N5O8S2. The molecule has 316 valence electrons. The van der Waals surface area contributed by atoms with Gasteiger partial charge in [-0.1, -0.05) is 78.1 Å². The molecule has 62 heavy (non-hydrogen) atoms. The fourth-order valence-corrected chi connectivity index (χ4v) is 10.6. The van der Waals surface area contributed by atoms with Gasteiger partial charge in [0.25, 0.3) is 10.0 Å². The maximum Gasteiger partial charge on any atom is 0.326 e.